The van der Waals surface area contributed by atoms with Crippen LogP contribution in [-0.2, 0) is 6.54 Å². The van der Waals surface area contributed by atoms with E-state index in [1.54, 1.807) is 18.5 Å². The van der Waals surface area contributed by atoms with Gasteiger partial charge in [0.25, 0.3) is 5.91 Å². The molecule has 0 atom stereocenters. The Morgan fingerprint density at radius 2 is 1.96 bits per heavy atom. The predicted octanol–water partition coefficient (Wildman–Crippen LogP) is 2.35. The van der Waals surface area contributed by atoms with Crippen molar-refractivity contribution in [2.45, 2.75) is 6.54 Å². The molecule has 0 fully saturated rings. The van der Waals surface area contributed by atoms with Crippen molar-refractivity contribution in [2.75, 3.05) is 5.32 Å². The topological polar surface area (TPSA) is 95.6 Å². The van der Waals surface area contributed by atoms with Gasteiger partial charge in [-0.25, -0.2) is 9.78 Å². The zero-order valence-corrected chi connectivity index (χ0v) is 13.2. The summed E-state index contributed by atoms with van der Waals surface area (Å²) in [5.41, 5.74) is 3.17. The second kappa shape index (κ2) is 6.12. The third-order valence-corrected chi connectivity index (χ3v) is 3.96. The van der Waals surface area contributed by atoms with Gasteiger partial charge in [-0.2, -0.15) is 0 Å². The number of hydrogen-bond acceptors (Lipinski definition) is 3. The highest BCUT2D eigenvalue weighted by Crippen LogP contribution is 2.16. The number of hydrogen-bond donors (Lipinski definition) is 3. The minimum atomic E-state index is -0.354. The van der Waals surface area contributed by atoms with E-state index < -0.39 is 0 Å². The average Bonchev–Trinajstić information content (AvgIpc) is 3.23. The van der Waals surface area contributed by atoms with Gasteiger partial charge in [-0.05, 0) is 23.8 Å². The summed E-state index contributed by atoms with van der Waals surface area (Å²) in [6.45, 7) is 0.325. The standard InChI is InChI=1S/C18H15N5O2/c24-17(22-13-6-7-14-15(8-13)21-11-20-14)16-9-19-18(25)23(16)10-12-4-2-1-3-5-12/h1-9,11H,10H2,(H,19,25)(H,20,21)(H,22,24). The van der Waals surface area contributed by atoms with Gasteiger partial charge in [-0.15, -0.1) is 0 Å². The van der Waals surface area contributed by atoms with Gasteiger partial charge in [-0.3, -0.25) is 9.36 Å². The molecule has 0 spiro atoms. The fourth-order valence-electron chi connectivity index (χ4n) is 2.71. The molecule has 7 heteroatoms. The van der Waals surface area contributed by atoms with Crippen LogP contribution in [0, 0.1) is 0 Å². The summed E-state index contributed by atoms with van der Waals surface area (Å²) in [5, 5.41) is 2.81. The average molecular weight is 333 g/mol. The second-order valence-electron chi connectivity index (χ2n) is 5.64. The first-order chi connectivity index (χ1) is 12.2. The van der Waals surface area contributed by atoms with Gasteiger partial charge in [0.1, 0.15) is 5.69 Å². The van der Waals surface area contributed by atoms with Gasteiger partial charge in [-0.1, -0.05) is 30.3 Å². The van der Waals surface area contributed by atoms with Crippen LogP contribution in [0.15, 0.2) is 65.8 Å². The van der Waals surface area contributed by atoms with Crippen molar-refractivity contribution >= 4 is 22.6 Å². The van der Waals surface area contributed by atoms with Gasteiger partial charge in [0.05, 0.1) is 23.9 Å². The summed E-state index contributed by atoms with van der Waals surface area (Å²) in [6.07, 6.45) is 3.02. The molecule has 0 saturated heterocycles. The third kappa shape index (κ3) is 2.94. The molecule has 2 aromatic carbocycles. The van der Waals surface area contributed by atoms with E-state index in [1.807, 2.05) is 36.4 Å². The van der Waals surface area contributed by atoms with Crippen LogP contribution in [0.1, 0.15) is 16.1 Å². The Kier molecular flexibility index (Phi) is 3.66. The Bertz CT molecular complexity index is 1090. The van der Waals surface area contributed by atoms with Crippen LogP contribution in [-0.4, -0.2) is 25.4 Å². The zero-order chi connectivity index (χ0) is 17.2. The Hall–Kier alpha value is -3.61. The normalized spacial score (nSPS) is 10.9. The Morgan fingerprint density at radius 3 is 2.80 bits per heavy atom. The van der Waals surface area contributed by atoms with Crippen LogP contribution in [0.25, 0.3) is 11.0 Å². The lowest BCUT2D eigenvalue weighted by atomic mass is 10.2. The lowest BCUT2D eigenvalue weighted by molar-refractivity contribution is 0.101. The number of benzene rings is 2. The van der Waals surface area contributed by atoms with Crippen molar-refractivity contribution in [3.05, 3.63) is 82.8 Å². The largest absolute Gasteiger partial charge is 0.345 e. The Morgan fingerprint density at radius 1 is 1.12 bits per heavy atom. The Labute approximate surface area is 142 Å². The number of imidazole rings is 2. The van der Waals surface area contributed by atoms with Crippen LogP contribution >= 0.6 is 0 Å². The van der Waals surface area contributed by atoms with Gasteiger partial charge in [0.2, 0.25) is 0 Å². The number of nitrogens with zero attached hydrogens (tertiary/aromatic N) is 2. The molecule has 3 N–H and O–H groups in total. The van der Waals surface area contributed by atoms with E-state index in [2.05, 4.69) is 20.3 Å². The number of carbonyl (C=O) groups excluding carboxylic acids is 1. The molecule has 0 unspecified atom stereocenters. The first-order valence-corrected chi connectivity index (χ1v) is 7.77. The van der Waals surface area contributed by atoms with E-state index >= 15 is 0 Å². The van der Waals surface area contributed by atoms with Crippen molar-refractivity contribution in [2.24, 2.45) is 0 Å². The summed E-state index contributed by atoms with van der Waals surface area (Å²) in [6, 6.07) is 14.9. The summed E-state index contributed by atoms with van der Waals surface area (Å²) >= 11 is 0. The van der Waals surface area contributed by atoms with E-state index in [-0.39, 0.29) is 17.3 Å². The monoisotopic (exact) mass is 333 g/mol. The molecule has 0 aliphatic carbocycles. The molecule has 25 heavy (non-hydrogen) atoms. The number of amides is 1. The molecule has 0 aliphatic rings. The van der Waals surface area contributed by atoms with Crippen LogP contribution in [0.2, 0.25) is 0 Å². The highest BCUT2D eigenvalue weighted by atomic mass is 16.2. The maximum absolute atomic E-state index is 12.6. The molecule has 4 aromatic rings. The van der Waals surface area contributed by atoms with Crippen LogP contribution in [0.3, 0.4) is 0 Å². The van der Waals surface area contributed by atoms with E-state index in [0.29, 0.717) is 12.2 Å². The van der Waals surface area contributed by atoms with E-state index in [9.17, 15) is 9.59 Å². The van der Waals surface area contributed by atoms with E-state index in [1.165, 1.54) is 10.8 Å². The summed E-state index contributed by atoms with van der Waals surface area (Å²) in [4.78, 5) is 34.4. The van der Waals surface area contributed by atoms with Crippen molar-refractivity contribution in [1.82, 2.24) is 19.5 Å². The highest BCUT2D eigenvalue weighted by molar-refractivity contribution is 6.03. The molecule has 7 nitrogen and oxygen atoms in total. The lowest BCUT2D eigenvalue weighted by Crippen LogP contribution is -2.24. The number of fused-ring (bicyclic) bond motifs is 1. The van der Waals surface area contributed by atoms with E-state index in [4.69, 9.17) is 0 Å². The van der Waals surface area contributed by atoms with Crippen LogP contribution < -0.4 is 11.0 Å². The number of rotatable bonds is 4. The fourth-order valence-corrected chi connectivity index (χ4v) is 2.71. The molecule has 0 aliphatic heterocycles. The molecule has 2 aromatic heterocycles. The van der Waals surface area contributed by atoms with Crippen LogP contribution in [0.4, 0.5) is 5.69 Å². The van der Waals surface area contributed by atoms with Crippen molar-refractivity contribution in [3.63, 3.8) is 0 Å². The molecule has 124 valence electrons. The number of aromatic nitrogens is 4. The zero-order valence-electron chi connectivity index (χ0n) is 13.2. The SMILES string of the molecule is O=C(Nc1ccc2nc[nH]c2c1)c1c[nH]c(=O)n1Cc1ccccc1. The molecule has 1 amide bonds. The van der Waals surface area contributed by atoms with Gasteiger partial charge < -0.3 is 15.3 Å². The van der Waals surface area contributed by atoms with Crippen molar-refractivity contribution in [3.8, 4) is 0 Å². The van der Waals surface area contributed by atoms with Crippen LogP contribution in [0.5, 0.6) is 0 Å². The van der Waals surface area contributed by atoms with Crippen molar-refractivity contribution < 1.29 is 4.79 Å². The molecular weight excluding hydrogens is 318 g/mol. The minimum Gasteiger partial charge on any atom is -0.345 e. The molecule has 4 rings (SSSR count). The first kappa shape index (κ1) is 14.9. The quantitative estimate of drug-likeness (QED) is 0.535. The van der Waals surface area contributed by atoms with Gasteiger partial charge in [0, 0.05) is 11.9 Å². The minimum absolute atomic E-state index is 0.276. The number of H-pyrrole nitrogens is 2. The number of aromatic amines is 2. The van der Waals surface area contributed by atoms with Crippen molar-refractivity contribution in [1.29, 1.82) is 0 Å². The summed E-state index contributed by atoms with van der Waals surface area (Å²) in [5.74, 6) is -0.354. The summed E-state index contributed by atoms with van der Waals surface area (Å²) < 4.78 is 1.42. The molecule has 0 saturated carbocycles. The maximum atomic E-state index is 12.6. The molecule has 0 radical (unpaired) electrons. The van der Waals surface area contributed by atoms with Gasteiger partial charge >= 0.3 is 5.69 Å². The smallest absolute Gasteiger partial charge is 0.326 e. The second-order valence-corrected chi connectivity index (χ2v) is 5.64. The Balaban J connectivity index is 1.60. The highest BCUT2D eigenvalue weighted by Gasteiger charge is 2.15. The summed E-state index contributed by atoms with van der Waals surface area (Å²) in [7, 11) is 0. The molecule has 2 heterocycles. The molecule has 0 bridgehead atoms. The van der Waals surface area contributed by atoms with E-state index in [0.717, 1.165) is 16.6 Å². The fraction of sp³-hybridized carbons (Fsp3) is 0.0556. The third-order valence-electron chi connectivity index (χ3n) is 3.96. The van der Waals surface area contributed by atoms with Gasteiger partial charge in [0.15, 0.2) is 0 Å². The molecular formula is C18H15N5O2. The maximum Gasteiger partial charge on any atom is 0.326 e. The number of carbonyl (C=O) groups is 1. The lowest BCUT2D eigenvalue weighted by Gasteiger charge is -2.08. The predicted molar refractivity (Wildman–Crippen MR) is 94.6 cm³/mol. The number of anilines is 1. The number of nitrogens with one attached hydrogen (secondary N) is 3. The first-order valence-electron chi connectivity index (χ1n) is 7.77.